The van der Waals surface area contributed by atoms with Gasteiger partial charge in [0.05, 0.1) is 23.0 Å². The van der Waals surface area contributed by atoms with Crippen molar-refractivity contribution in [2.45, 2.75) is 24.4 Å². The minimum absolute atomic E-state index is 0.0333. The van der Waals surface area contributed by atoms with E-state index in [4.69, 9.17) is 5.26 Å². The molecule has 0 aromatic carbocycles. The molecule has 0 radical (unpaired) electrons. The fraction of sp³-hybridized carbons (Fsp3) is 0.474. The average Bonchev–Trinajstić information content (AvgIpc) is 3.21. The normalized spacial score (nSPS) is 26.5. The lowest BCUT2D eigenvalue weighted by Crippen LogP contribution is -2.59. The third kappa shape index (κ3) is 3.98. The number of rotatable bonds is 4. The minimum atomic E-state index is -0.158. The van der Waals surface area contributed by atoms with Crippen LogP contribution in [0, 0.1) is 17.2 Å². The summed E-state index contributed by atoms with van der Waals surface area (Å²) in [6.45, 7) is 2.73. The van der Waals surface area contributed by atoms with E-state index < -0.39 is 0 Å². The molecule has 2 amide bonds. The zero-order valence-electron chi connectivity index (χ0n) is 15.4. The Bertz CT molecular complexity index is 813. The van der Waals surface area contributed by atoms with Crippen LogP contribution in [0.15, 0.2) is 29.8 Å². The van der Waals surface area contributed by atoms with Gasteiger partial charge in [0.15, 0.2) is 0 Å². The number of amides is 2. The van der Waals surface area contributed by atoms with Crippen molar-refractivity contribution < 1.29 is 9.59 Å². The second-order valence-corrected chi connectivity index (χ2v) is 8.11. The van der Waals surface area contributed by atoms with Crippen molar-refractivity contribution in [1.82, 2.24) is 20.5 Å². The molecule has 8 nitrogen and oxygen atoms in total. The molecule has 0 aliphatic carbocycles. The number of hydrogen-bond donors (Lipinski definition) is 2. The first-order valence-electron chi connectivity index (χ1n) is 9.41. The zero-order valence-corrected chi connectivity index (χ0v) is 16.2. The number of nitrogens with zero attached hydrogens (tertiary/aromatic N) is 4. The van der Waals surface area contributed by atoms with Crippen LogP contribution in [0.4, 0.5) is 5.82 Å². The maximum absolute atomic E-state index is 12.6. The Hall–Kier alpha value is -2.57. The Kier molecular flexibility index (Phi) is 5.50. The molecule has 2 fully saturated rings. The topological polar surface area (TPSA) is 101 Å². The van der Waals surface area contributed by atoms with Crippen LogP contribution in [0.1, 0.15) is 18.4 Å². The van der Waals surface area contributed by atoms with Crippen molar-refractivity contribution in [1.29, 1.82) is 5.26 Å². The maximum atomic E-state index is 12.6. The van der Waals surface area contributed by atoms with Crippen molar-refractivity contribution in [2.75, 3.05) is 31.1 Å². The Balaban J connectivity index is 1.23. The van der Waals surface area contributed by atoms with Crippen molar-refractivity contribution in [3.05, 3.63) is 35.4 Å². The molecule has 4 rings (SSSR count). The predicted molar refractivity (Wildman–Crippen MR) is 106 cm³/mol. The van der Waals surface area contributed by atoms with E-state index in [0.717, 1.165) is 18.9 Å². The van der Waals surface area contributed by atoms with Crippen molar-refractivity contribution in [2.24, 2.45) is 5.92 Å². The third-order valence-electron chi connectivity index (χ3n) is 5.30. The summed E-state index contributed by atoms with van der Waals surface area (Å²) in [5.74, 6) is 0.868. The van der Waals surface area contributed by atoms with Gasteiger partial charge in [0.25, 0.3) is 0 Å². The first-order chi connectivity index (χ1) is 13.6. The summed E-state index contributed by atoms with van der Waals surface area (Å²) >= 11 is 1.62. The number of piperazine rings is 1. The molecule has 1 aromatic heterocycles. The molecular weight excluding hydrogens is 376 g/mol. The number of anilines is 1. The van der Waals surface area contributed by atoms with Crippen LogP contribution < -0.4 is 15.5 Å². The highest BCUT2D eigenvalue weighted by molar-refractivity contribution is 8.03. The molecule has 4 heterocycles. The molecular formula is C19H22N6O2S. The van der Waals surface area contributed by atoms with Gasteiger partial charge in [-0.2, -0.15) is 5.26 Å². The van der Waals surface area contributed by atoms with Crippen LogP contribution in [0.3, 0.4) is 0 Å². The first-order valence-corrected chi connectivity index (χ1v) is 10.4. The quantitative estimate of drug-likeness (QED) is 0.767. The van der Waals surface area contributed by atoms with Crippen LogP contribution in [0.5, 0.6) is 0 Å². The molecule has 2 saturated heterocycles. The molecule has 146 valence electrons. The highest BCUT2D eigenvalue weighted by atomic mass is 32.2. The second kappa shape index (κ2) is 8.20. The molecule has 9 heteroatoms. The van der Waals surface area contributed by atoms with Crippen molar-refractivity contribution >= 4 is 29.4 Å². The number of carbonyl (C=O) groups is 2. The smallest absolute Gasteiger partial charge is 0.230 e. The second-order valence-electron chi connectivity index (χ2n) is 7.06. The van der Waals surface area contributed by atoms with Crippen LogP contribution >= 0.6 is 11.8 Å². The molecule has 3 unspecified atom stereocenters. The number of aromatic nitrogens is 1. The molecule has 3 aliphatic rings. The van der Waals surface area contributed by atoms with Crippen molar-refractivity contribution in [3.8, 4) is 6.07 Å². The molecule has 0 bridgehead atoms. The Morgan fingerprint density at radius 2 is 2.14 bits per heavy atom. The van der Waals surface area contributed by atoms with Crippen LogP contribution in [0.2, 0.25) is 0 Å². The molecule has 3 aliphatic heterocycles. The summed E-state index contributed by atoms with van der Waals surface area (Å²) in [5.41, 5.74) is 0.541. The highest BCUT2D eigenvalue weighted by Gasteiger charge is 2.37. The average molecular weight is 398 g/mol. The summed E-state index contributed by atoms with van der Waals surface area (Å²) in [6.07, 6.45) is 4.32. The van der Waals surface area contributed by atoms with Gasteiger partial charge >= 0.3 is 0 Å². The Morgan fingerprint density at radius 1 is 1.32 bits per heavy atom. The molecule has 2 N–H and O–H groups in total. The van der Waals surface area contributed by atoms with E-state index in [9.17, 15) is 9.59 Å². The third-order valence-corrected chi connectivity index (χ3v) is 6.34. The van der Waals surface area contributed by atoms with Gasteiger partial charge in [0.1, 0.15) is 11.9 Å². The largest absolute Gasteiger partial charge is 0.353 e. The van der Waals surface area contributed by atoms with E-state index in [0.29, 0.717) is 31.5 Å². The number of hydrogen-bond acceptors (Lipinski definition) is 7. The summed E-state index contributed by atoms with van der Waals surface area (Å²) in [5, 5.41) is 17.3. The standard InChI is InChI=1S/C19H22N6O2S/c20-11-13-1-3-16(21-12-13)24-6-8-25(9-7-24)17(26)4-2-15-22-18(27)14-5-10-28-19(14)23-15/h1,3,5,10,12,14-15,19,23H,2,4,6-9H2,(H,22,27). The van der Waals surface area contributed by atoms with Crippen molar-refractivity contribution in [3.63, 3.8) is 0 Å². The SMILES string of the molecule is N#Cc1ccc(N2CCN(C(=O)CCC3NC(=O)C4C=CSC4N3)CC2)nc1. The molecule has 3 atom stereocenters. The molecule has 1 aromatic rings. The summed E-state index contributed by atoms with van der Waals surface area (Å²) in [4.78, 5) is 33.0. The zero-order chi connectivity index (χ0) is 19.5. The minimum Gasteiger partial charge on any atom is -0.353 e. The Morgan fingerprint density at radius 3 is 2.86 bits per heavy atom. The molecule has 28 heavy (non-hydrogen) atoms. The van der Waals surface area contributed by atoms with Crippen LogP contribution in [-0.2, 0) is 9.59 Å². The highest BCUT2D eigenvalue weighted by Crippen LogP contribution is 2.30. The van der Waals surface area contributed by atoms with Gasteiger partial charge in [0, 0.05) is 38.8 Å². The van der Waals surface area contributed by atoms with Gasteiger partial charge in [-0.25, -0.2) is 4.98 Å². The van der Waals surface area contributed by atoms with Gasteiger partial charge < -0.3 is 15.1 Å². The Labute approximate surface area is 168 Å². The molecule has 0 saturated carbocycles. The lowest BCUT2D eigenvalue weighted by molar-refractivity contribution is -0.132. The van der Waals surface area contributed by atoms with Gasteiger partial charge in [0.2, 0.25) is 11.8 Å². The number of pyridine rings is 1. The van der Waals surface area contributed by atoms with E-state index in [-0.39, 0.29) is 29.3 Å². The number of fused-ring (bicyclic) bond motifs is 1. The number of nitriles is 1. The lowest BCUT2D eigenvalue weighted by Gasteiger charge is -2.36. The van der Waals surface area contributed by atoms with Gasteiger partial charge in [-0.3, -0.25) is 14.9 Å². The first kappa shape index (κ1) is 18.8. The molecule has 0 spiro atoms. The van der Waals surface area contributed by atoms with Gasteiger partial charge in [-0.15, -0.1) is 11.8 Å². The summed E-state index contributed by atoms with van der Waals surface area (Å²) in [7, 11) is 0. The van der Waals surface area contributed by atoms with E-state index in [1.807, 2.05) is 22.5 Å². The number of thioether (sulfide) groups is 1. The van der Waals surface area contributed by atoms with Crippen LogP contribution in [0.25, 0.3) is 0 Å². The van der Waals surface area contributed by atoms with Gasteiger partial charge in [-0.1, -0.05) is 6.08 Å². The maximum Gasteiger partial charge on any atom is 0.230 e. The monoisotopic (exact) mass is 398 g/mol. The number of nitrogens with one attached hydrogen (secondary N) is 2. The van der Waals surface area contributed by atoms with E-state index >= 15 is 0 Å². The predicted octanol–water partition coefficient (Wildman–Crippen LogP) is 0.630. The number of carbonyl (C=O) groups excluding carboxylic acids is 2. The van der Waals surface area contributed by atoms with E-state index in [1.54, 1.807) is 24.0 Å². The summed E-state index contributed by atoms with van der Waals surface area (Å²) in [6, 6.07) is 5.67. The fourth-order valence-electron chi connectivity index (χ4n) is 3.68. The van der Waals surface area contributed by atoms with E-state index in [2.05, 4.69) is 26.6 Å². The summed E-state index contributed by atoms with van der Waals surface area (Å²) < 4.78 is 0. The fourth-order valence-corrected chi connectivity index (χ4v) is 4.74. The van der Waals surface area contributed by atoms with E-state index in [1.165, 1.54) is 0 Å². The lowest BCUT2D eigenvalue weighted by atomic mass is 10.0. The van der Waals surface area contributed by atoms with Crippen LogP contribution in [-0.4, -0.2) is 59.4 Å². The van der Waals surface area contributed by atoms with Gasteiger partial charge in [-0.05, 0) is 24.0 Å².